The van der Waals surface area contributed by atoms with Crippen LogP contribution in [0, 0.1) is 11.3 Å². The van der Waals surface area contributed by atoms with Crippen LogP contribution in [-0.2, 0) is 4.74 Å². The normalized spacial score (nSPS) is 28.2. The minimum absolute atomic E-state index is 0.00208. The zero-order valence-corrected chi connectivity index (χ0v) is 12.4. The second-order valence-electron chi connectivity index (χ2n) is 4.76. The third-order valence-electron chi connectivity index (χ3n) is 3.51. The highest BCUT2D eigenvalue weighted by Crippen LogP contribution is 2.34. The minimum Gasteiger partial charge on any atom is -0.394 e. The van der Waals surface area contributed by atoms with Crippen molar-refractivity contribution < 1.29 is 20.1 Å². The Morgan fingerprint density at radius 1 is 1.36 bits per heavy atom. The number of fused-ring (bicyclic) bond motifs is 1. The van der Waals surface area contributed by atoms with Crippen LogP contribution in [-0.4, -0.2) is 54.8 Å². The molecule has 3 heterocycles. The predicted octanol–water partition coefficient (Wildman–Crippen LogP) is 0.221. The van der Waals surface area contributed by atoms with Gasteiger partial charge >= 0.3 is 0 Å². The molecule has 10 heteroatoms. The maximum Gasteiger partial charge on any atom is 0.165 e. The van der Waals surface area contributed by atoms with Gasteiger partial charge in [0.15, 0.2) is 17.0 Å². The van der Waals surface area contributed by atoms with E-state index in [-0.39, 0.29) is 26.9 Å². The molecule has 3 N–H and O–H groups in total. The van der Waals surface area contributed by atoms with Gasteiger partial charge in [-0.15, -0.1) is 0 Å². The van der Waals surface area contributed by atoms with Crippen molar-refractivity contribution in [3.8, 4) is 6.07 Å². The van der Waals surface area contributed by atoms with E-state index in [1.807, 2.05) is 6.07 Å². The van der Waals surface area contributed by atoms with Gasteiger partial charge in [-0.05, 0) is 0 Å². The molecule has 0 bridgehead atoms. The van der Waals surface area contributed by atoms with Crippen LogP contribution < -0.4 is 0 Å². The van der Waals surface area contributed by atoms with Gasteiger partial charge in [-0.2, -0.15) is 5.26 Å². The first kappa shape index (κ1) is 15.4. The Bertz CT molecular complexity index is 775. The van der Waals surface area contributed by atoms with Gasteiger partial charge in [-0.1, -0.05) is 23.2 Å². The molecule has 0 aliphatic carbocycles. The lowest BCUT2D eigenvalue weighted by Crippen LogP contribution is -2.33. The highest BCUT2D eigenvalue weighted by atomic mass is 35.5. The second kappa shape index (κ2) is 5.62. The van der Waals surface area contributed by atoms with E-state index in [2.05, 4.69) is 9.97 Å². The molecule has 4 atom stereocenters. The molecule has 1 saturated heterocycles. The summed E-state index contributed by atoms with van der Waals surface area (Å²) in [7, 11) is 0. The van der Waals surface area contributed by atoms with Gasteiger partial charge in [0.1, 0.15) is 35.5 Å². The van der Waals surface area contributed by atoms with E-state index in [0.717, 1.165) is 0 Å². The molecule has 2 aromatic rings. The van der Waals surface area contributed by atoms with Crippen LogP contribution in [0.5, 0.6) is 0 Å². The summed E-state index contributed by atoms with van der Waals surface area (Å²) >= 11 is 12.0. The molecule has 0 amide bonds. The SMILES string of the molecule is N#Cc1c(Cl)nc2c(ncn2[C@@H]2O[C@H](CO)[C@@H](O)[C@H]2O)c1Cl. The lowest BCUT2D eigenvalue weighted by Gasteiger charge is -2.16. The summed E-state index contributed by atoms with van der Waals surface area (Å²) < 4.78 is 6.75. The maximum atomic E-state index is 10.0. The lowest BCUT2D eigenvalue weighted by atomic mass is 10.1. The quantitative estimate of drug-likeness (QED) is 0.665. The fraction of sp³-hybridized carbons (Fsp3) is 0.417. The first-order chi connectivity index (χ1) is 10.5. The fourth-order valence-electron chi connectivity index (χ4n) is 2.37. The van der Waals surface area contributed by atoms with E-state index in [0.29, 0.717) is 0 Å². The van der Waals surface area contributed by atoms with Crippen LogP contribution in [0.4, 0.5) is 0 Å². The van der Waals surface area contributed by atoms with Crippen molar-refractivity contribution in [1.29, 1.82) is 5.26 Å². The van der Waals surface area contributed by atoms with E-state index in [9.17, 15) is 10.2 Å². The van der Waals surface area contributed by atoms with Gasteiger partial charge < -0.3 is 20.1 Å². The van der Waals surface area contributed by atoms with Gasteiger partial charge in [0.2, 0.25) is 0 Å². The van der Waals surface area contributed by atoms with Crippen LogP contribution in [0.1, 0.15) is 11.8 Å². The van der Waals surface area contributed by atoms with Crippen LogP contribution >= 0.6 is 23.2 Å². The van der Waals surface area contributed by atoms with Crippen molar-refractivity contribution in [1.82, 2.24) is 14.5 Å². The Kier molecular flexibility index (Phi) is 3.94. The van der Waals surface area contributed by atoms with Crippen molar-refractivity contribution in [2.75, 3.05) is 6.61 Å². The maximum absolute atomic E-state index is 10.0. The smallest absolute Gasteiger partial charge is 0.165 e. The molecule has 0 saturated carbocycles. The summed E-state index contributed by atoms with van der Waals surface area (Å²) in [6.07, 6.45) is -3.17. The van der Waals surface area contributed by atoms with E-state index in [4.69, 9.17) is 38.3 Å². The molecular formula is C12H10Cl2N4O4. The average Bonchev–Trinajstić information content (AvgIpc) is 3.02. The molecule has 3 rings (SSSR count). The number of ether oxygens (including phenoxy) is 1. The highest BCUT2D eigenvalue weighted by molar-refractivity contribution is 6.39. The third-order valence-corrected chi connectivity index (χ3v) is 4.15. The summed E-state index contributed by atoms with van der Waals surface area (Å²) in [4.78, 5) is 8.09. The molecule has 0 aromatic carbocycles. The molecule has 2 aromatic heterocycles. The molecule has 0 radical (unpaired) electrons. The number of hydrogen-bond acceptors (Lipinski definition) is 7. The van der Waals surface area contributed by atoms with Crippen molar-refractivity contribution in [3.05, 3.63) is 22.1 Å². The van der Waals surface area contributed by atoms with Crippen LogP contribution in [0.3, 0.4) is 0 Å². The van der Waals surface area contributed by atoms with E-state index >= 15 is 0 Å². The number of rotatable bonds is 2. The molecule has 1 aliphatic rings. The summed E-state index contributed by atoms with van der Waals surface area (Å²) in [6, 6.07) is 1.84. The van der Waals surface area contributed by atoms with Gasteiger partial charge in [-0.25, -0.2) is 9.97 Å². The zero-order valence-electron chi connectivity index (χ0n) is 10.9. The molecule has 0 unspecified atom stereocenters. The van der Waals surface area contributed by atoms with Gasteiger partial charge in [0, 0.05) is 0 Å². The molecule has 1 aliphatic heterocycles. The molecular weight excluding hydrogens is 335 g/mol. The van der Waals surface area contributed by atoms with Crippen molar-refractivity contribution in [2.45, 2.75) is 24.5 Å². The number of nitriles is 1. The third kappa shape index (κ3) is 2.14. The summed E-state index contributed by atoms with van der Waals surface area (Å²) in [5.41, 5.74) is 0.423. The van der Waals surface area contributed by atoms with Crippen molar-refractivity contribution in [3.63, 3.8) is 0 Å². The Balaban J connectivity index is 2.12. The minimum atomic E-state index is -1.29. The van der Waals surface area contributed by atoms with E-state index < -0.39 is 31.1 Å². The van der Waals surface area contributed by atoms with Crippen LogP contribution in [0.25, 0.3) is 11.2 Å². The summed E-state index contributed by atoms with van der Waals surface area (Å²) in [5, 5.41) is 37.9. The number of pyridine rings is 1. The molecule has 22 heavy (non-hydrogen) atoms. The molecule has 0 spiro atoms. The van der Waals surface area contributed by atoms with Crippen LogP contribution in [0.15, 0.2) is 6.33 Å². The van der Waals surface area contributed by atoms with Gasteiger partial charge in [-0.3, -0.25) is 4.57 Å². The number of aliphatic hydroxyl groups is 3. The first-order valence-electron chi connectivity index (χ1n) is 6.23. The monoisotopic (exact) mass is 344 g/mol. The topological polar surface area (TPSA) is 124 Å². The van der Waals surface area contributed by atoms with Crippen LogP contribution in [0.2, 0.25) is 10.2 Å². The largest absolute Gasteiger partial charge is 0.394 e. The number of imidazole rings is 1. The number of hydrogen-bond donors (Lipinski definition) is 3. The molecule has 116 valence electrons. The predicted molar refractivity (Wildman–Crippen MR) is 75.3 cm³/mol. The standard InChI is InChI=1S/C12H10Cl2N4O4/c13-6-4(1-15)10(14)17-11-7(6)16-3-18(11)12-9(21)8(20)5(2-19)22-12/h3,5,8-9,12,19-21H,2H2/t5-,8-,9-,12-/m1/s1. The number of nitrogens with zero attached hydrogens (tertiary/aromatic N) is 4. The second-order valence-corrected chi connectivity index (χ2v) is 5.49. The first-order valence-corrected chi connectivity index (χ1v) is 6.99. The molecule has 8 nitrogen and oxygen atoms in total. The highest BCUT2D eigenvalue weighted by Gasteiger charge is 2.44. The fourth-order valence-corrected chi connectivity index (χ4v) is 2.90. The number of aromatic nitrogens is 3. The van der Waals surface area contributed by atoms with E-state index in [1.54, 1.807) is 0 Å². The number of halogens is 2. The Hall–Kier alpha value is -1.47. The number of aliphatic hydroxyl groups excluding tert-OH is 3. The Morgan fingerprint density at radius 2 is 2.09 bits per heavy atom. The van der Waals surface area contributed by atoms with Crippen molar-refractivity contribution in [2.24, 2.45) is 0 Å². The average molecular weight is 345 g/mol. The van der Waals surface area contributed by atoms with Crippen molar-refractivity contribution >= 4 is 34.4 Å². The Morgan fingerprint density at radius 3 is 2.68 bits per heavy atom. The summed E-state index contributed by atoms with van der Waals surface area (Å²) in [5.74, 6) is 0. The summed E-state index contributed by atoms with van der Waals surface area (Å²) in [6.45, 7) is -0.450. The van der Waals surface area contributed by atoms with Gasteiger partial charge in [0.05, 0.1) is 18.0 Å². The van der Waals surface area contributed by atoms with Gasteiger partial charge in [0.25, 0.3) is 0 Å². The lowest BCUT2D eigenvalue weighted by molar-refractivity contribution is -0.0511. The van der Waals surface area contributed by atoms with E-state index in [1.165, 1.54) is 10.9 Å². The molecule has 1 fully saturated rings. The zero-order chi connectivity index (χ0) is 16.0. The Labute approximate surface area is 134 Å².